The summed E-state index contributed by atoms with van der Waals surface area (Å²) in [5.41, 5.74) is 3.91. The number of piperazine rings is 1. The second-order valence-corrected chi connectivity index (χ2v) is 22.3. The molecule has 11 nitrogen and oxygen atoms in total. The second kappa shape index (κ2) is 19.7. The van der Waals surface area contributed by atoms with Crippen LogP contribution in [0.3, 0.4) is 0 Å². The number of likely N-dealkylation sites (N-methyl/N-ethyl adjacent to an activating group) is 1. The Kier molecular flexibility index (Phi) is 15.3. The number of unbranched alkanes of at least 4 members (excludes halogenated alkanes) is 2. The molecule has 0 N–H and O–H groups in total. The fraction of sp³-hybridized carbons (Fsp3) is 0.600. The number of rotatable bonds is 17. The van der Waals surface area contributed by atoms with Gasteiger partial charge in [0.05, 0.1) is 30.9 Å². The van der Waals surface area contributed by atoms with Gasteiger partial charge in [0.25, 0.3) is 11.8 Å². The number of aryl methyl sites for hydroxylation is 1. The Bertz CT molecular complexity index is 1820. The smallest absolute Gasteiger partial charge is 0.337 e. The number of ether oxygens (including phenoxy) is 1. The van der Waals surface area contributed by atoms with Crippen molar-refractivity contribution in [3.8, 4) is 11.4 Å². The second-order valence-electron chi connectivity index (χ2n) is 17.5. The molecule has 5 rings (SSSR count). The molecule has 12 heteroatoms. The average molecular weight is 801 g/mol. The summed E-state index contributed by atoms with van der Waals surface area (Å²) in [6.45, 7) is 23.3. The molecule has 1 aromatic heterocycles. The van der Waals surface area contributed by atoms with E-state index in [0.717, 1.165) is 70.4 Å². The van der Waals surface area contributed by atoms with Crippen LogP contribution in [0.1, 0.15) is 109 Å². The third-order valence-electron chi connectivity index (χ3n) is 12.3. The van der Waals surface area contributed by atoms with Gasteiger partial charge in [0.2, 0.25) is 0 Å². The highest BCUT2D eigenvalue weighted by atomic mass is 28.4. The number of methoxy groups -OCH3 is 1. The number of amides is 2. The summed E-state index contributed by atoms with van der Waals surface area (Å²) in [5.74, 6) is -0.271. The predicted molar refractivity (Wildman–Crippen MR) is 230 cm³/mol. The van der Waals surface area contributed by atoms with Gasteiger partial charge < -0.3 is 33.3 Å². The molecule has 2 amide bonds. The number of carbonyl (C=O) groups is 3. The van der Waals surface area contributed by atoms with Crippen molar-refractivity contribution in [2.24, 2.45) is 0 Å². The van der Waals surface area contributed by atoms with Gasteiger partial charge in [-0.25, -0.2) is 9.78 Å². The number of nitrogens with zero attached hydrogens (tertiary/aromatic N) is 6. The molecule has 1 atom stereocenters. The summed E-state index contributed by atoms with van der Waals surface area (Å²) in [5, 5.41) is 0.00958. The van der Waals surface area contributed by atoms with Crippen LogP contribution in [0.4, 0.5) is 0 Å². The molecule has 1 unspecified atom stereocenters. The lowest BCUT2D eigenvalue weighted by atomic mass is 9.92. The zero-order valence-electron chi connectivity index (χ0n) is 36.2. The maximum Gasteiger partial charge on any atom is 0.337 e. The molecular weight excluding hydrogens is 733 g/mol. The fourth-order valence-corrected chi connectivity index (χ4v) is 8.47. The minimum atomic E-state index is -2.14. The Hall–Kier alpha value is -3.84. The van der Waals surface area contributed by atoms with E-state index in [1.807, 2.05) is 28.1 Å². The highest BCUT2D eigenvalue weighted by Gasteiger charge is 2.40. The van der Waals surface area contributed by atoms with Crippen LogP contribution in [0, 0.1) is 0 Å². The Morgan fingerprint density at radius 3 is 2.21 bits per heavy atom. The SMILES string of the molecule is CCCCN(CCCC)C(=O)c1cn(CCCN2CCN(C)CC2)c(-c2ccc(C(=O)OC)cc2C(=O)N2Cc3ccccc3CC2CO[Si](C)(C)C(C)(C)C)n1. The number of hydrogen-bond acceptors (Lipinski definition) is 8. The van der Waals surface area contributed by atoms with Gasteiger partial charge in [-0.1, -0.05) is 71.7 Å². The maximum atomic E-state index is 15.2. The highest BCUT2D eigenvalue weighted by Crippen LogP contribution is 2.38. The van der Waals surface area contributed by atoms with Gasteiger partial charge in [-0.05, 0) is 86.7 Å². The van der Waals surface area contributed by atoms with E-state index >= 15 is 4.79 Å². The number of esters is 1. The van der Waals surface area contributed by atoms with E-state index < -0.39 is 14.3 Å². The molecule has 1 saturated heterocycles. The monoisotopic (exact) mass is 801 g/mol. The van der Waals surface area contributed by atoms with Gasteiger partial charge in [-0.2, -0.15) is 0 Å². The Balaban J connectivity index is 1.58. The van der Waals surface area contributed by atoms with Crippen molar-refractivity contribution in [1.82, 2.24) is 29.2 Å². The van der Waals surface area contributed by atoms with E-state index in [-0.39, 0.29) is 28.5 Å². The van der Waals surface area contributed by atoms with E-state index in [4.69, 9.17) is 14.1 Å². The number of carbonyl (C=O) groups excluding carboxylic acids is 3. The molecule has 2 aromatic carbocycles. The van der Waals surface area contributed by atoms with E-state index in [2.05, 4.69) is 81.3 Å². The summed E-state index contributed by atoms with van der Waals surface area (Å²) in [4.78, 5) is 56.3. The molecule has 0 spiro atoms. The molecule has 3 aromatic rings. The summed E-state index contributed by atoms with van der Waals surface area (Å²) in [7, 11) is 1.37. The van der Waals surface area contributed by atoms with Crippen LogP contribution in [0.5, 0.6) is 0 Å². The van der Waals surface area contributed by atoms with Crippen LogP contribution in [-0.4, -0.2) is 128 Å². The Labute approximate surface area is 342 Å². The van der Waals surface area contributed by atoms with Crippen LogP contribution in [0.15, 0.2) is 48.7 Å². The molecule has 0 radical (unpaired) electrons. The first kappa shape index (κ1) is 44.3. The molecule has 0 aliphatic carbocycles. The van der Waals surface area contributed by atoms with Crippen molar-refractivity contribution >= 4 is 26.1 Å². The molecule has 312 valence electrons. The lowest BCUT2D eigenvalue weighted by Crippen LogP contribution is -2.50. The van der Waals surface area contributed by atoms with Crippen molar-refractivity contribution in [2.45, 2.75) is 110 Å². The zero-order valence-corrected chi connectivity index (χ0v) is 37.2. The van der Waals surface area contributed by atoms with Gasteiger partial charge in [0, 0.05) is 64.1 Å². The van der Waals surface area contributed by atoms with Crippen molar-refractivity contribution in [2.75, 3.05) is 66.6 Å². The highest BCUT2D eigenvalue weighted by molar-refractivity contribution is 6.74. The average Bonchev–Trinajstić information content (AvgIpc) is 3.62. The van der Waals surface area contributed by atoms with Crippen molar-refractivity contribution in [1.29, 1.82) is 0 Å². The molecule has 2 aliphatic heterocycles. The first-order valence-electron chi connectivity index (χ1n) is 21.2. The van der Waals surface area contributed by atoms with Crippen molar-refractivity contribution in [3.05, 3.63) is 76.6 Å². The van der Waals surface area contributed by atoms with E-state index in [9.17, 15) is 9.59 Å². The van der Waals surface area contributed by atoms with Crippen LogP contribution < -0.4 is 0 Å². The van der Waals surface area contributed by atoms with Gasteiger partial charge in [-0.15, -0.1) is 0 Å². The summed E-state index contributed by atoms with van der Waals surface area (Å²) in [6.07, 6.45) is 7.21. The first-order chi connectivity index (χ1) is 27.2. The van der Waals surface area contributed by atoms with Crippen LogP contribution in [-0.2, 0) is 28.7 Å². The summed E-state index contributed by atoms with van der Waals surface area (Å²) >= 11 is 0. The first-order valence-corrected chi connectivity index (χ1v) is 24.1. The van der Waals surface area contributed by atoms with Crippen LogP contribution in [0.2, 0.25) is 18.1 Å². The topological polar surface area (TPSA) is 100 Å². The normalized spacial score (nSPS) is 16.7. The fourth-order valence-electron chi connectivity index (χ4n) is 7.43. The maximum absolute atomic E-state index is 15.2. The molecular formula is C45H68N6O5Si. The molecule has 1 fully saturated rings. The minimum Gasteiger partial charge on any atom is -0.465 e. The van der Waals surface area contributed by atoms with Crippen molar-refractivity contribution < 1.29 is 23.5 Å². The van der Waals surface area contributed by atoms with Gasteiger partial charge in [-0.3, -0.25) is 9.59 Å². The summed E-state index contributed by atoms with van der Waals surface area (Å²) < 4.78 is 14.0. The molecule has 2 aliphatic rings. The molecule has 0 saturated carbocycles. The van der Waals surface area contributed by atoms with E-state index in [1.165, 1.54) is 12.7 Å². The van der Waals surface area contributed by atoms with Gasteiger partial charge >= 0.3 is 5.97 Å². The largest absolute Gasteiger partial charge is 0.465 e. The third-order valence-corrected chi connectivity index (χ3v) is 16.8. The predicted octanol–water partition coefficient (Wildman–Crippen LogP) is 7.61. The van der Waals surface area contributed by atoms with Gasteiger partial charge in [0.15, 0.2) is 8.32 Å². The number of benzene rings is 2. The molecule has 0 bridgehead atoms. The lowest BCUT2D eigenvalue weighted by Gasteiger charge is -2.41. The van der Waals surface area contributed by atoms with Gasteiger partial charge in [0.1, 0.15) is 11.5 Å². The number of aromatic nitrogens is 2. The lowest BCUT2D eigenvalue weighted by molar-refractivity contribution is 0.0554. The van der Waals surface area contributed by atoms with Crippen LogP contribution >= 0.6 is 0 Å². The molecule has 3 heterocycles. The molecule has 57 heavy (non-hydrogen) atoms. The quantitative estimate of drug-likeness (QED) is 0.102. The Morgan fingerprint density at radius 1 is 0.912 bits per heavy atom. The Morgan fingerprint density at radius 2 is 1.58 bits per heavy atom. The van der Waals surface area contributed by atoms with Crippen molar-refractivity contribution in [3.63, 3.8) is 0 Å². The number of fused-ring (bicyclic) bond motifs is 1. The third kappa shape index (κ3) is 11.0. The standard InChI is InChI=1S/C45H68N6O5Si/c1-10-12-22-49(23-13-11-2)43(53)40-32-50(24-16-21-48-27-25-47(6)26-28-48)41(46-40)38-20-19-35(44(54)55-7)30-39(38)42(52)51-31-36-18-15-14-17-34(36)29-37(51)33-56-57(8,9)45(3,4)5/h14-15,17-20,30,32,37H,10-13,16,21-29,31,33H2,1-9H3. The summed E-state index contributed by atoms with van der Waals surface area (Å²) in [6, 6.07) is 13.2. The number of imidazole rings is 1. The van der Waals surface area contributed by atoms with E-state index in [0.29, 0.717) is 61.9 Å². The number of hydrogen-bond donors (Lipinski definition) is 0. The van der Waals surface area contributed by atoms with E-state index in [1.54, 1.807) is 18.2 Å². The van der Waals surface area contributed by atoms with Crippen LogP contribution in [0.25, 0.3) is 11.4 Å². The zero-order chi connectivity index (χ0) is 41.3. The minimum absolute atomic E-state index is 0.00958.